The number of hydrogen-bond acceptors (Lipinski definition) is 4. The molecular weight excluding hydrogens is 408 g/mol. The Morgan fingerprint density at radius 2 is 2.00 bits per heavy atom. The Kier molecular flexibility index (Phi) is 5.01. The average Bonchev–Trinajstić information content (AvgIpc) is 3.44. The van der Waals surface area contributed by atoms with Crippen LogP contribution in [0.2, 0.25) is 0 Å². The second-order valence-electron chi connectivity index (χ2n) is 8.33. The van der Waals surface area contributed by atoms with Crippen molar-refractivity contribution in [3.8, 4) is 0 Å². The van der Waals surface area contributed by atoms with Crippen molar-refractivity contribution in [3.63, 3.8) is 0 Å². The van der Waals surface area contributed by atoms with Crippen LogP contribution in [0.25, 0.3) is 10.9 Å². The third-order valence-corrected chi connectivity index (χ3v) is 6.28. The van der Waals surface area contributed by atoms with Gasteiger partial charge in [-0.2, -0.15) is 5.10 Å². The van der Waals surface area contributed by atoms with Crippen LogP contribution in [-0.4, -0.2) is 52.6 Å². The lowest BCUT2D eigenvalue weighted by atomic mass is 9.96. The smallest absolute Gasteiger partial charge is 0.319 e. The van der Waals surface area contributed by atoms with Crippen molar-refractivity contribution in [2.45, 2.75) is 19.3 Å². The summed E-state index contributed by atoms with van der Waals surface area (Å²) < 4.78 is 0. The lowest BCUT2D eigenvalue weighted by Gasteiger charge is -2.32. The van der Waals surface area contributed by atoms with Crippen LogP contribution in [0.1, 0.15) is 28.8 Å². The summed E-state index contributed by atoms with van der Waals surface area (Å²) in [5, 5.41) is 10.7. The number of nitrogens with zero attached hydrogens (tertiary/aromatic N) is 3. The molecule has 1 fully saturated rings. The van der Waals surface area contributed by atoms with E-state index in [2.05, 4.69) is 15.5 Å². The third kappa shape index (κ3) is 3.66. The van der Waals surface area contributed by atoms with E-state index in [-0.39, 0.29) is 17.7 Å². The van der Waals surface area contributed by atoms with Gasteiger partial charge < -0.3 is 16.0 Å². The van der Waals surface area contributed by atoms with Gasteiger partial charge in [-0.05, 0) is 61.2 Å². The number of carbonyl (C=O) groups is 3. The van der Waals surface area contributed by atoms with Crippen LogP contribution in [0.5, 0.6) is 0 Å². The monoisotopic (exact) mass is 432 g/mol. The van der Waals surface area contributed by atoms with Gasteiger partial charge in [-0.25, -0.2) is 4.79 Å². The van der Waals surface area contributed by atoms with Crippen molar-refractivity contribution < 1.29 is 14.4 Å². The Hall–Kier alpha value is -3.88. The SMILES string of the molecule is NC(=O)N1CCc2cc(NC(=O)C3CCCN(C(=O)c4ccc5[nH]ncc5c4)C3)ccc21. The van der Waals surface area contributed by atoms with E-state index in [0.29, 0.717) is 37.3 Å². The molecule has 4 amide bonds. The second-order valence-corrected chi connectivity index (χ2v) is 8.33. The van der Waals surface area contributed by atoms with Gasteiger partial charge in [0, 0.05) is 42.0 Å². The number of likely N-dealkylation sites (tertiary alicyclic amines) is 1. The number of piperidine rings is 1. The number of hydrogen-bond donors (Lipinski definition) is 3. The number of H-pyrrole nitrogens is 1. The van der Waals surface area contributed by atoms with Crippen LogP contribution < -0.4 is 16.0 Å². The Morgan fingerprint density at radius 1 is 1.12 bits per heavy atom. The number of fused-ring (bicyclic) bond motifs is 2. The van der Waals surface area contributed by atoms with Crippen LogP contribution in [0.3, 0.4) is 0 Å². The van der Waals surface area contributed by atoms with E-state index in [1.165, 1.54) is 4.90 Å². The molecule has 2 aliphatic heterocycles. The number of aromatic nitrogens is 2. The van der Waals surface area contributed by atoms with Crippen LogP contribution in [0.4, 0.5) is 16.2 Å². The van der Waals surface area contributed by atoms with Crippen molar-refractivity contribution in [2.75, 3.05) is 29.9 Å². The molecule has 9 heteroatoms. The fourth-order valence-electron chi connectivity index (χ4n) is 4.59. The summed E-state index contributed by atoms with van der Waals surface area (Å²) in [5.74, 6) is -0.451. The molecular formula is C23H24N6O3. The summed E-state index contributed by atoms with van der Waals surface area (Å²) >= 11 is 0. The van der Waals surface area contributed by atoms with Gasteiger partial charge in [-0.15, -0.1) is 0 Å². The number of anilines is 2. The molecule has 9 nitrogen and oxygen atoms in total. The average molecular weight is 432 g/mol. The number of primary amides is 1. The lowest BCUT2D eigenvalue weighted by molar-refractivity contribution is -0.121. The second kappa shape index (κ2) is 7.99. The Labute approximate surface area is 184 Å². The van der Waals surface area contributed by atoms with Crippen molar-refractivity contribution in [3.05, 3.63) is 53.7 Å². The molecule has 1 atom stereocenters. The highest BCUT2D eigenvalue weighted by Gasteiger charge is 2.30. The number of carbonyl (C=O) groups excluding carboxylic acids is 3. The highest BCUT2D eigenvalue weighted by molar-refractivity contribution is 5.99. The lowest BCUT2D eigenvalue weighted by Crippen LogP contribution is -2.43. The highest BCUT2D eigenvalue weighted by atomic mass is 16.2. The van der Waals surface area contributed by atoms with Crippen LogP contribution in [0, 0.1) is 5.92 Å². The molecule has 164 valence electrons. The molecule has 2 aliphatic rings. The molecule has 1 unspecified atom stereocenters. The van der Waals surface area contributed by atoms with Gasteiger partial charge in [0.25, 0.3) is 5.91 Å². The molecule has 4 N–H and O–H groups in total. The standard InChI is InChI=1S/C23H24N6O3/c24-23(32)29-9-7-14-11-18(4-6-20(14)29)26-21(30)16-2-1-8-28(13-16)22(31)15-3-5-19-17(10-15)12-25-27-19/h3-6,10-12,16H,1-2,7-9,13H2,(H2,24,32)(H,25,27)(H,26,30). The van der Waals surface area contributed by atoms with Crippen molar-refractivity contribution in [1.29, 1.82) is 0 Å². The van der Waals surface area contributed by atoms with E-state index in [9.17, 15) is 14.4 Å². The van der Waals surface area contributed by atoms with E-state index in [4.69, 9.17) is 5.73 Å². The van der Waals surface area contributed by atoms with Gasteiger partial charge in [0.1, 0.15) is 0 Å². The first-order valence-corrected chi connectivity index (χ1v) is 10.7. The molecule has 1 aromatic heterocycles. The predicted octanol–water partition coefficient (Wildman–Crippen LogP) is 2.50. The van der Waals surface area contributed by atoms with E-state index < -0.39 is 6.03 Å². The van der Waals surface area contributed by atoms with Gasteiger partial charge in [0.2, 0.25) is 5.91 Å². The molecule has 3 aromatic rings. The van der Waals surface area contributed by atoms with Crippen molar-refractivity contribution >= 4 is 40.1 Å². The van der Waals surface area contributed by atoms with Gasteiger partial charge in [-0.1, -0.05) is 0 Å². The topological polar surface area (TPSA) is 124 Å². The molecule has 2 aromatic carbocycles. The normalized spacial score (nSPS) is 17.9. The summed E-state index contributed by atoms with van der Waals surface area (Å²) in [5.41, 5.74) is 9.35. The van der Waals surface area contributed by atoms with Gasteiger partial charge in [0.05, 0.1) is 17.6 Å². The number of benzene rings is 2. The molecule has 0 radical (unpaired) electrons. The van der Waals surface area contributed by atoms with Crippen molar-refractivity contribution in [2.24, 2.45) is 11.7 Å². The highest BCUT2D eigenvalue weighted by Crippen LogP contribution is 2.31. The quantitative estimate of drug-likeness (QED) is 0.588. The summed E-state index contributed by atoms with van der Waals surface area (Å²) in [6, 6.07) is 10.5. The van der Waals surface area contributed by atoms with Crippen LogP contribution >= 0.6 is 0 Å². The van der Waals surface area contributed by atoms with Gasteiger partial charge in [0.15, 0.2) is 0 Å². The molecule has 0 spiro atoms. The fourth-order valence-corrected chi connectivity index (χ4v) is 4.59. The zero-order valence-electron chi connectivity index (χ0n) is 17.5. The first-order chi connectivity index (χ1) is 15.5. The van der Waals surface area contributed by atoms with E-state index in [0.717, 1.165) is 35.0 Å². The molecule has 32 heavy (non-hydrogen) atoms. The van der Waals surface area contributed by atoms with Gasteiger partial charge >= 0.3 is 6.03 Å². The fraction of sp³-hybridized carbons (Fsp3) is 0.304. The number of nitrogens with one attached hydrogen (secondary N) is 2. The maximum Gasteiger partial charge on any atom is 0.319 e. The number of rotatable bonds is 3. The van der Waals surface area contributed by atoms with E-state index in [1.54, 1.807) is 23.2 Å². The molecule has 0 aliphatic carbocycles. The Balaban J connectivity index is 1.26. The largest absolute Gasteiger partial charge is 0.351 e. The number of amides is 4. The summed E-state index contributed by atoms with van der Waals surface area (Å²) in [7, 11) is 0. The zero-order valence-corrected chi connectivity index (χ0v) is 17.5. The van der Waals surface area contributed by atoms with Crippen LogP contribution in [0.15, 0.2) is 42.6 Å². The molecule has 3 heterocycles. The molecule has 0 saturated carbocycles. The van der Waals surface area contributed by atoms with Crippen LogP contribution in [-0.2, 0) is 11.2 Å². The van der Waals surface area contributed by atoms with E-state index in [1.807, 2.05) is 24.3 Å². The first kappa shape index (κ1) is 20.0. The minimum absolute atomic E-state index is 0.0744. The molecule has 5 rings (SSSR count). The van der Waals surface area contributed by atoms with E-state index >= 15 is 0 Å². The number of urea groups is 1. The number of nitrogens with two attached hydrogens (primary N) is 1. The summed E-state index contributed by atoms with van der Waals surface area (Å²) in [6.07, 6.45) is 3.90. The van der Waals surface area contributed by atoms with Gasteiger partial charge in [-0.3, -0.25) is 19.6 Å². The van der Waals surface area contributed by atoms with Crippen molar-refractivity contribution in [1.82, 2.24) is 15.1 Å². The number of aromatic amines is 1. The predicted molar refractivity (Wildman–Crippen MR) is 120 cm³/mol. The molecule has 1 saturated heterocycles. The summed E-state index contributed by atoms with van der Waals surface area (Å²) in [6.45, 7) is 1.56. The maximum atomic E-state index is 13.0. The third-order valence-electron chi connectivity index (χ3n) is 6.28. The maximum absolute atomic E-state index is 13.0. The molecule has 0 bridgehead atoms. The summed E-state index contributed by atoms with van der Waals surface area (Å²) in [4.78, 5) is 40.8. The minimum atomic E-state index is -0.473. The Bertz CT molecular complexity index is 1220. The first-order valence-electron chi connectivity index (χ1n) is 10.7. The Morgan fingerprint density at radius 3 is 2.84 bits per heavy atom. The zero-order chi connectivity index (χ0) is 22.2. The minimum Gasteiger partial charge on any atom is -0.351 e.